The summed E-state index contributed by atoms with van der Waals surface area (Å²) in [4.78, 5) is 25.1. The van der Waals surface area contributed by atoms with Crippen LogP contribution in [0.4, 0.5) is 0 Å². The predicted octanol–water partition coefficient (Wildman–Crippen LogP) is 2.87. The number of rotatable bonds is 8. The highest BCUT2D eigenvalue weighted by Gasteiger charge is 2.31. The molecular weight excluding hydrogens is 478 g/mol. The highest BCUT2D eigenvalue weighted by Crippen LogP contribution is 2.24. The third-order valence-corrected chi connectivity index (χ3v) is 8.32. The Morgan fingerprint density at radius 2 is 1.72 bits per heavy atom. The number of carbonyl (C=O) groups excluding carboxylic acids is 2. The molecule has 0 bridgehead atoms. The first-order valence-corrected chi connectivity index (χ1v) is 13.4. The molecule has 8 nitrogen and oxygen atoms in total. The molecule has 0 saturated carbocycles. The van der Waals surface area contributed by atoms with E-state index in [9.17, 15) is 18.0 Å². The Hall–Kier alpha value is -3.43. The highest BCUT2D eigenvalue weighted by atomic mass is 32.2. The Labute approximate surface area is 211 Å². The van der Waals surface area contributed by atoms with Gasteiger partial charge in [-0.05, 0) is 53.4 Å². The number of amides is 2. The molecule has 1 heterocycles. The average Bonchev–Trinajstić information content (AvgIpc) is 2.88. The first-order valence-electron chi connectivity index (χ1n) is 12.0. The van der Waals surface area contributed by atoms with Crippen molar-refractivity contribution < 1.29 is 22.7 Å². The highest BCUT2D eigenvalue weighted by molar-refractivity contribution is 7.89. The van der Waals surface area contributed by atoms with Crippen LogP contribution in [-0.2, 0) is 26.0 Å². The second-order valence-corrected chi connectivity index (χ2v) is 10.9. The van der Waals surface area contributed by atoms with Crippen LogP contribution < -0.4 is 15.4 Å². The topological polar surface area (TPSA) is 105 Å². The lowest BCUT2D eigenvalue weighted by atomic mass is 10.0. The van der Waals surface area contributed by atoms with Crippen molar-refractivity contribution in [3.8, 4) is 5.75 Å². The molecule has 0 aromatic heterocycles. The van der Waals surface area contributed by atoms with Crippen molar-refractivity contribution in [3.63, 3.8) is 0 Å². The third kappa shape index (κ3) is 6.03. The number of benzene rings is 3. The van der Waals surface area contributed by atoms with Gasteiger partial charge in [-0.1, -0.05) is 42.5 Å². The molecule has 3 aromatic rings. The van der Waals surface area contributed by atoms with Gasteiger partial charge >= 0.3 is 0 Å². The van der Waals surface area contributed by atoms with E-state index in [2.05, 4.69) is 10.6 Å². The van der Waals surface area contributed by atoms with Gasteiger partial charge in [0.05, 0.1) is 12.0 Å². The van der Waals surface area contributed by atoms with Crippen LogP contribution in [0.5, 0.6) is 5.75 Å². The van der Waals surface area contributed by atoms with Gasteiger partial charge in [-0.3, -0.25) is 9.59 Å². The number of hydrogen-bond acceptors (Lipinski definition) is 5. The van der Waals surface area contributed by atoms with Gasteiger partial charge in [0.15, 0.2) is 0 Å². The summed E-state index contributed by atoms with van der Waals surface area (Å²) < 4.78 is 33.2. The van der Waals surface area contributed by atoms with Crippen LogP contribution in [0, 0.1) is 0 Å². The Morgan fingerprint density at radius 3 is 2.42 bits per heavy atom. The van der Waals surface area contributed by atoms with Crippen molar-refractivity contribution in [1.82, 2.24) is 14.9 Å². The summed E-state index contributed by atoms with van der Waals surface area (Å²) in [5, 5.41) is 7.59. The van der Waals surface area contributed by atoms with Crippen LogP contribution in [0.2, 0.25) is 0 Å². The monoisotopic (exact) mass is 509 g/mol. The van der Waals surface area contributed by atoms with Gasteiger partial charge in [-0.15, -0.1) is 0 Å². The molecule has 0 aliphatic carbocycles. The van der Waals surface area contributed by atoms with E-state index in [0.29, 0.717) is 38.1 Å². The van der Waals surface area contributed by atoms with Crippen LogP contribution in [0.1, 0.15) is 25.3 Å². The zero-order valence-corrected chi connectivity index (χ0v) is 21.3. The lowest BCUT2D eigenvalue weighted by Crippen LogP contribution is -2.53. The Morgan fingerprint density at radius 1 is 1.00 bits per heavy atom. The van der Waals surface area contributed by atoms with E-state index in [1.807, 2.05) is 54.6 Å². The smallest absolute Gasteiger partial charge is 0.243 e. The SMILES string of the molecule is COc1cccc(C[C@@H](NC(C)=O)C(=O)NC2CCN(S(=O)(=O)c3ccc4ccccc4c3)CC2)c1. The van der Waals surface area contributed by atoms with Gasteiger partial charge in [0, 0.05) is 32.5 Å². The summed E-state index contributed by atoms with van der Waals surface area (Å²) in [6.07, 6.45) is 1.30. The summed E-state index contributed by atoms with van der Waals surface area (Å²) in [5.74, 6) is 0.0904. The predicted molar refractivity (Wildman–Crippen MR) is 138 cm³/mol. The second kappa shape index (κ2) is 11.1. The van der Waals surface area contributed by atoms with Crippen molar-refractivity contribution in [2.24, 2.45) is 0 Å². The van der Waals surface area contributed by atoms with Crippen molar-refractivity contribution in [3.05, 3.63) is 72.3 Å². The van der Waals surface area contributed by atoms with E-state index in [0.717, 1.165) is 16.3 Å². The van der Waals surface area contributed by atoms with E-state index >= 15 is 0 Å². The summed E-state index contributed by atoms with van der Waals surface area (Å²) >= 11 is 0. The standard InChI is InChI=1S/C27H31N3O5S/c1-19(31)28-26(17-20-6-5-9-24(16-20)35-2)27(32)29-23-12-14-30(15-13-23)36(33,34)25-11-10-21-7-3-4-8-22(21)18-25/h3-11,16,18,23,26H,12-15,17H2,1-2H3,(H,28,31)(H,29,32)/t26-/m1/s1. The first kappa shape index (κ1) is 25.7. The first-order chi connectivity index (χ1) is 17.3. The number of hydrogen-bond donors (Lipinski definition) is 2. The molecule has 0 unspecified atom stereocenters. The van der Waals surface area contributed by atoms with Crippen molar-refractivity contribution >= 4 is 32.6 Å². The number of methoxy groups -OCH3 is 1. The Balaban J connectivity index is 1.38. The van der Waals surface area contributed by atoms with Gasteiger partial charge in [-0.2, -0.15) is 4.31 Å². The molecule has 1 saturated heterocycles. The molecule has 4 rings (SSSR count). The molecule has 190 valence electrons. The lowest BCUT2D eigenvalue weighted by molar-refractivity contribution is -0.128. The fourth-order valence-corrected chi connectivity index (χ4v) is 6.01. The number of fused-ring (bicyclic) bond motifs is 1. The van der Waals surface area contributed by atoms with Crippen LogP contribution >= 0.6 is 0 Å². The van der Waals surface area contributed by atoms with E-state index in [1.54, 1.807) is 19.2 Å². The summed E-state index contributed by atoms with van der Waals surface area (Å²) in [6.45, 7) is 1.99. The number of nitrogens with one attached hydrogen (secondary N) is 2. The normalized spacial score (nSPS) is 15.8. The van der Waals surface area contributed by atoms with E-state index in [1.165, 1.54) is 11.2 Å². The van der Waals surface area contributed by atoms with E-state index < -0.39 is 16.1 Å². The maximum atomic E-state index is 13.2. The van der Waals surface area contributed by atoms with Gasteiger partial charge in [0.2, 0.25) is 21.8 Å². The van der Waals surface area contributed by atoms with Crippen LogP contribution in [0.15, 0.2) is 71.6 Å². The zero-order chi connectivity index (χ0) is 25.7. The number of carbonyl (C=O) groups is 2. The van der Waals surface area contributed by atoms with Crippen LogP contribution in [-0.4, -0.2) is 56.8 Å². The minimum Gasteiger partial charge on any atom is -0.497 e. The van der Waals surface area contributed by atoms with Crippen molar-refractivity contribution in [2.45, 2.75) is 43.2 Å². The minimum absolute atomic E-state index is 0.179. The largest absolute Gasteiger partial charge is 0.497 e. The van der Waals surface area contributed by atoms with Gasteiger partial charge in [0.1, 0.15) is 11.8 Å². The molecule has 3 aromatic carbocycles. The fourth-order valence-electron chi connectivity index (χ4n) is 4.51. The molecular formula is C27H31N3O5S. The molecule has 1 aliphatic heterocycles. The van der Waals surface area contributed by atoms with Gasteiger partial charge < -0.3 is 15.4 Å². The number of ether oxygens (including phenoxy) is 1. The molecule has 36 heavy (non-hydrogen) atoms. The van der Waals surface area contributed by atoms with Crippen molar-refractivity contribution in [2.75, 3.05) is 20.2 Å². The quantitative estimate of drug-likeness (QED) is 0.486. The molecule has 0 spiro atoms. The zero-order valence-electron chi connectivity index (χ0n) is 20.4. The molecule has 2 amide bonds. The number of sulfonamides is 1. The minimum atomic E-state index is -3.63. The number of nitrogens with zero attached hydrogens (tertiary/aromatic N) is 1. The second-order valence-electron chi connectivity index (χ2n) is 9.00. The van der Waals surface area contributed by atoms with Crippen LogP contribution in [0.25, 0.3) is 10.8 Å². The third-order valence-electron chi connectivity index (χ3n) is 6.43. The Kier molecular flexibility index (Phi) is 7.91. The lowest BCUT2D eigenvalue weighted by Gasteiger charge is -2.32. The molecule has 1 atom stereocenters. The van der Waals surface area contributed by atoms with E-state index in [4.69, 9.17) is 4.74 Å². The number of piperidine rings is 1. The molecule has 2 N–H and O–H groups in total. The maximum absolute atomic E-state index is 13.2. The molecule has 0 radical (unpaired) electrons. The molecule has 1 fully saturated rings. The average molecular weight is 510 g/mol. The fraction of sp³-hybridized carbons (Fsp3) is 0.333. The molecule has 9 heteroatoms. The summed E-state index contributed by atoms with van der Waals surface area (Å²) in [6, 6.07) is 19.2. The Bertz CT molecular complexity index is 1350. The van der Waals surface area contributed by atoms with Gasteiger partial charge in [0.25, 0.3) is 0 Å². The van der Waals surface area contributed by atoms with Gasteiger partial charge in [-0.25, -0.2) is 8.42 Å². The van der Waals surface area contributed by atoms with Crippen LogP contribution in [0.3, 0.4) is 0 Å². The van der Waals surface area contributed by atoms with E-state index in [-0.39, 0.29) is 22.8 Å². The molecule has 1 aliphatic rings. The summed E-state index contributed by atoms with van der Waals surface area (Å²) in [5.41, 5.74) is 0.861. The van der Waals surface area contributed by atoms with Crippen molar-refractivity contribution in [1.29, 1.82) is 0 Å². The summed E-state index contributed by atoms with van der Waals surface area (Å²) in [7, 11) is -2.06. The maximum Gasteiger partial charge on any atom is 0.243 e.